The molecule has 0 radical (unpaired) electrons. The van der Waals surface area contributed by atoms with E-state index in [0.717, 1.165) is 11.8 Å². The molecular weight excluding hydrogens is 204 g/mol. The summed E-state index contributed by atoms with van der Waals surface area (Å²) < 4.78 is 0. The molecule has 1 fully saturated rings. The van der Waals surface area contributed by atoms with Crippen molar-refractivity contribution in [3.05, 3.63) is 0 Å². The number of rotatable bonds is 3. The van der Waals surface area contributed by atoms with Crippen molar-refractivity contribution in [1.82, 2.24) is 5.32 Å². The lowest BCUT2D eigenvalue weighted by atomic mass is 9.96. The number of hydrogen-bond acceptors (Lipinski definition) is 3. The van der Waals surface area contributed by atoms with E-state index in [9.17, 15) is 0 Å². The van der Waals surface area contributed by atoms with E-state index in [0.29, 0.717) is 6.04 Å². The van der Waals surface area contributed by atoms with Crippen molar-refractivity contribution in [1.29, 1.82) is 0 Å². The molecular formula is C12H22N2S. The average Bonchev–Trinajstić information content (AvgIpc) is 2.68. The van der Waals surface area contributed by atoms with Crippen LogP contribution in [-0.4, -0.2) is 23.0 Å². The molecule has 1 saturated carbocycles. The van der Waals surface area contributed by atoms with Gasteiger partial charge in [0.2, 0.25) is 0 Å². The van der Waals surface area contributed by atoms with Gasteiger partial charge in [-0.25, -0.2) is 0 Å². The van der Waals surface area contributed by atoms with Crippen LogP contribution in [0.15, 0.2) is 4.99 Å². The molecule has 0 aromatic rings. The Morgan fingerprint density at radius 1 is 1.33 bits per heavy atom. The van der Waals surface area contributed by atoms with Gasteiger partial charge in [-0.1, -0.05) is 44.4 Å². The third-order valence-electron chi connectivity index (χ3n) is 3.26. The van der Waals surface area contributed by atoms with Crippen molar-refractivity contribution in [2.45, 2.75) is 63.2 Å². The molecule has 2 aliphatic rings. The fraction of sp³-hybridized carbons (Fsp3) is 0.917. The summed E-state index contributed by atoms with van der Waals surface area (Å²) in [7, 11) is 0. The summed E-state index contributed by atoms with van der Waals surface area (Å²) in [6, 6.07) is 0.713. The normalized spacial score (nSPS) is 27.8. The molecule has 1 N–H and O–H groups in total. The van der Waals surface area contributed by atoms with Crippen molar-refractivity contribution < 1.29 is 0 Å². The van der Waals surface area contributed by atoms with Gasteiger partial charge >= 0.3 is 0 Å². The molecule has 0 bridgehead atoms. The summed E-state index contributed by atoms with van der Waals surface area (Å²) in [5, 5.41) is 5.59. The molecule has 1 aliphatic heterocycles. The van der Waals surface area contributed by atoms with E-state index in [1.54, 1.807) is 0 Å². The van der Waals surface area contributed by atoms with Crippen LogP contribution in [0, 0.1) is 0 Å². The van der Waals surface area contributed by atoms with Crippen LogP contribution in [0.3, 0.4) is 0 Å². The summed E-state index contributed by atoms with van der Waals surface area (Å²) >= 11 is 1.97. The molecule has 0 aromatic carbocycles. The molecule has 1 atom stereocenters. The standard InChI is InChI=1S/C12H22N2S/c1-2-6-11-9-13-12(15-11)14-10-7-4-3-5-8-10/h10-11H,2-9H2,1H3,(H,13,14). The molecule has 1 heterocycles. The largest absolute Gasteiger partial charge is 0.362 e. The summed E-state index contributed by atoms with van der Waals surface area (Å²) in [5.41, 5.74) is 0. The topological polar surface area (TPSA) is 24.4 Å². The Hall–Kier alpha value is -0.180. The van der Waals surface area contributed by atoms with Gasteiger partial charge in [0.05, 0.1) is 6.54 Å². The highest BCUT2D eigenvalue weighted by atomic mass is 32.2. The minimum absolute atomic E-state index is 0.713. The Labute approximate surface area is 97.3 Å². The molecule has 0 spiro atoms. The van der Waals surface area contributed by atoms with Crippen molar-refractivity contribution in [3.63, 3.8) is 0 Å². The molecule has 2 nitrogen and oxygen atoms in total. The quantitative estimate of drug-likeness (QED) is 0.799. The maximum absolute atomic E-state index is 4.60. The van der Waals surface area contributed by atoms with Gasteiger partial charge in [-0.05, 0) is 19.3 Å². The first-order chi connectivity index (χ1) is 7.38. The van der Waals surface area contributed by atoms with E-state index in [-0.39, 0.29) is 0 Å². The minimum Gasteiger partial charge on any atom is -0.362 e. The lowest BCUT2D eigenvalue weighted by Gasteiger charge is -2.23. The van der Waals surface area contributed by atoms with Crippen LogP contribution in [-0.2, 0) is 0 Å². The predicted octanol–water partition coefficient (Wildman–Crippen LogP) is 3.18. The second-order valence-corrected chi connectivity index (χ2v) is 5.94. The summed E-state index contributed by atoms with van der Waals surface area (Å²) in [6.07, 6.45) is 9.50. The van der Waals surface area contributed by atoms with Gasteiger partial charge in [0.25, 0.3) is 0 Å². The number of hydrogen-bond donors (Lipinski definition) is 1. The van der Waals surface area contributed by atoms with E-state index in [1.807, 2.05) is 11.8 Å². The van der Waals surface area contributed by atoms with Crippen molar-refractivity contribution in [2.24, 2.45) is 4.99 Å². The zero-order valence-electron chi connectivity index (χ0n) is 9.67. The van der Waals surface area contributed by atoms with Crippen LogP contribution in [0.1, 0.15) is 51.9 Å². The molecule has 1 aliphatic carbocycles. The first-order valence-corrected chi connectivity index (χ1v) is 7.24. The number of thioether (sulfide) groups is 1. The van der Waals surface area contributed by atoms with E-state index in [2.05, 4.69) is 17.2 Å². The Morgan fingerprint density at radius 2 is 2.13 bits per heavy atom. The third kappa shape index (κ3) is 3.40. The maximum atomic E-state index is 4.60. The Bertz CT molecular complexity index is 222. The molecule has 86 valence electrons. The van der Waals surface area contributed by atoms with E-state index in [4.69, 9.17) is 0 Å². The Kier molecular flexibility index (Phi) is 4.36. The van der Waals surface area contributed by atoms with Gasteiger partial charge in [-0.2, -0.15) is 0 Å². The first kappa shape index (κ1) is 11.3. The lowest BCUT2D eigenvalue weighted by Crippen LogP contribution is -2.34. The second-order valence-electron chi connectivity index (χ2n) is 4.65. The minimum atomic E-state index is 0.713. The van der Waals surface area contributed by atoms with Gasteiger partial charge in [0.1, 0.15) is 0 Å². The number of amidine groups is 1. The predicted molar refractivity (Wildman–Crippen MR) is 68.6 cm³/mol. The zero-order valence-corrected chi connectivity index (χ0v) is 10.5. The van der Waals surface area contributed by atoms with Crippen LogP contribution in [0.4, 0.5) is 0 Å². The summed E-state index contributed by atoms with van der Waals surface area (Å²) in [4.78, 5) is 4.60. The smallest absolute Gasteiger partial charge is 0.157 e. The first-order valence-electron chi connectivity index (χ1n) is 6.36. The third-order valence-corrected chi connectivity index (χ3v) is 4.45. The fourth-order valence-electron chi connectivity index (χ4n) is 2.39. The van der Waals surface area contributed by atoms with Gasteiger partial charge in [0, 0.05) is 11.3 Å². The Balaban J connectivity index is 1.71. The maximum Gasteiger partial charge on any atom is 0.157 e. The summed E-state index contributed by atoms with van der Waals surface area (Å²) in [6.45, 7) is 3.29. The van der Waals surface area contributed by atoms with Gasteiger partial charge < -0.3 is 5.32 Å². The number of nitrogens with zero attached hydrogens (tertiary/aromatic N) is 1. The SMILES string of the molecule is CCCC1CN=C(NC2CCCCC2)S1. The van der Waals surface area contributed by atoms with Crippen LogP contribution in [0.25, 0.3) is 0 Å². The van der Waals surface area contributed by atoms with Crippen molar-refractivity contribution in [2.75, 3.05) is 6.54 Å². The Morgan fingerprint density at radius 3 is 2.87 bits per heavy atom. The lowest BCUT2D eigenvalue weighted by molar-refractivity contribution is 0.415. The second kappa shape index (κ2) is 5.78. The van der Waals surface area contributed by atoms with Gasteiger partial charge in [-0.15, -0.1) is 0 Å². The van der Waals surface area contributed by atoms with Crippen LogP contribution < -0.4 is 5.32 Å². The van der Waals surface area contributed by atoms with Gasteiger partial charge in [0.15, 0.2) is 5.17 Å². The highest BCUT2D eigenvalue weighted by molar-refractivity contribution is 8.14. The molecule has 0 aromatic heterocycles. The van der Waals surface area contributed by atoms with Crippen molar-refractivity contribution in [3.8, 4) is 0 Å². The highest BCUT2D eigenvalue weighted by Crippen LogP contribution is 2.25. The van der Waals surface area contributed by atoms with Gasteiger partial charge in [-0.3, -0.25) is 4.99 Å². The molecule has 15 heavy (non-hydrogen) atoms. The molecule has 2 rings (SSSR count). The molecule has 1 unspecified atom stereocenters. The van der Waals surface area contributed by atoms with Crippen LogP contribution in [0.5, 0.6) is 0 Å². The molecule has 0 saturated heterocycles. The van der Waals surface area contributed by atoms with Crippen molar-refractivity contribution >= 4 is 16.9 Å². The number of nitrogens with one attached hydrogen (secondary N) is 1. The van der Waals surface area contributed by atoms with Crippen LogP contribution in [0.2, 0.25) is 0 Å². The van der Waals surface area contributed by atoms with E-state index >= 15 is 0 Å². The average molecular weight is 226 g/mol. The zero-order chi connectivity index (χ0) is 10.5. The summed E-state index contributed by atoms with van der Waals surface area (Å²) in [5.74, 6) is 0. The fourth-order valence-corrected chi connectivity index (χ4v) is 3.59. The van der Waals surface area contributed by atoms with Crippen LogP contribution >= 0.6 is 11.8 Å². The monoisotopic (exact) mass is 226 g/mol. The van der Waals surface area contributed by atoms with E-state index in [1.165, 1.54) is 50.1 Å². The highest BCUT2D eigenvalue weighted by Gasteiger charge is 2.21. The molecule has 3 heteroatoms. The van der Waals surface area contributed by atoms with E-state index < -0.39 is 0 Å². The number of aliphatic imine (C=N–C) groups is 1. The molecule has 0 amide bonds.